The summed E-state index contributed by atoms with van der Waals surface area (Å²) >= 11 is 7.84. The molecule has 0 saturated heterocycles. The monoisotopic (exact) mass is 298 g/mol. The molecule has 0 amide bonds. The van der Waals surface area contributed by atoms with Crippen LogP contribution in [0.1, 0.15) is 25.7 Å². The van der Waals surface area contributed by atoms with Crippen molar-refractivity contribution in [3.8, 4) is 0 Å². The highest BCUT2D eigenvalue weighted by Crippen LogP contribution is 2.02. The number of alkyl halides is 2. The lowest BCUT2D eigenvalue weighted by Gasteiger charge is -1.91. The predicted octanol–water partition coefficient (Wildman–Crippen LogP) is 4.33. The van der Waals surface area contributed by atoms with Crippen molar-refractivity contribution in [3.63, 3.8) is 0 Å². The summed E-state index contributed by atoms with van der Waals surface area (Å²) in [7, 11) is 0. The number of rotatable bonds is 7. The zero-order valence-electron chi connectivity index (χ0n) is 7.31. The van der Waals surface area contributed by atoms with Gasteiger partial charge in [-0.3, -0.25) is 0 Å². The van der Waals surface area contributed by atoms with Crippen LogP contribution in [-0.2, 0) is 0 Å². The fourth-order valence-electron chi connectivity index (χ4n) is 0.886. The normalized spacial score (nSPS) is 11.8. The molecule has 0 N–H and O–H groups in total. The minimum atomic E-state index is 0.648. The van der Waals surface area contributed by atoms with Crippen molar-refractivity contribution >= 4 is 34.2 Å². The van der Waals surface area contributed by atoms with Gasteiger partial charge in [0.25, 0.3) is 0 Å². The fourth-order valence-corrected chi connectivity index (χ4v) is 1.37. The second-order valence-corrected chi connectivity index (χ2v) is 3.73. The Morgan fingerprint density at radius 2 is 1.50 bits per heavy atom. The van der Waals surface area contributed by atoms with E-state index in [0.717, 1.165) is 4.43 Å². The van der Waals surface area contributed by atoms with Crippen LogP contribution in [0.25, 0.3) is 0 Å². The molecule has 0 atom stereocenters. The molecule has 0 aliphatic carbocycles. The third-order valence-electron chi connectivity index (χ3n) is 1.50. The Hall–Kier alpha value is 0.500. The van der Waals surface area contributed by atoms with Crippen LogP contribution in [0, 0.1) is 0 Å². The molecule has 0 spiro atoms. The lowest BCUT2D eigenvalue weighted by molar-refractivity contribution is 0.761. The van der Waals surface area contributed by atoms with Gasteiger partial charge in [0, 0.05) is 10.3 Å². The van der Waals surface area contributed by atoms with Crippen LogP contribution in [0.3, 0.4) is 0 Å². The minimum Gasteiger partial charge on any atom is -0.122 e. The molecule has 0 bridgehead atoms. The summed E-state index contributed by atoms with van der Waals surface area (Å²) in [5.74, 6) is 0.648. The topological polar surface area (TPSA) is 0 Å². The smallest absolute Gasteiger partial charge is 0.0404 e. The molecular weight excluding hydrogens is 282 g/mol. The minimum absolute atomic E-state index is 0.648. The lowest BCUT2D eigenvalue weighted by atomic mass is 10.2. The summed E-state index contributed by atoms with van der Waals surface area (Å²) in [6, 6.07) is 0. The standard InChI is InChI=1S/C10H16ClI/c11-9-7-5-3-1-2-4-6-8-10-12/h5-8H,1-4,9-10H2/b7-5+,8-6+. The average molecular weight is 299 g/mol. The van der Waals surface area contributed by atoms with E-state index in [-0.39, 0.29) is 0 Å². The molecule has 0 radical (unpaired) electrons. The van der Waals surface area contributed by atoms with Gasteiger partial charge >= 0.3 is 0 Å². The second-order valence-electron chi connectivity index (χ2n) is 2.54. The molecule has 0 aliphatic rings. The Balaban J connectivity index is 3.00. The molecule has 70 valence electrons. The van der Waals surface area contributed by atoms with Gasteiger partial charge in [-0.2, -0.15) is 0 Å². The maximum atomic E-state index is 5.48. The van der Waals surface area contributed by atoms with Crippen LogP contribution in [0.4, 0.5) is 0 Å². The molecule has 0 aromatic heterocycles. The highest BCUT2D eigenvalue weighted by molar-refractivity contribution is 14.1. The van der Waals surface area contributed by atoms with Crippen molar-refractivity contribution in [1.82, 2.24) is 0 Å². The van der Waals surface area contributed by atoms with Crippen LogP contribution < -0.4 is 0 Å². The maximum Gasteiger partial charge on any atom is 0.0404 e. The van der Waals surface area contributed by atoms with Gasteiger partial charge in [-0.05, 0) is 25.7 Å². The van der Waals surface area contributed by atoms with Gasteiger partial charge in [0.15, 0.2) is 0 Å². The van der Waals surface area contributed by atoms with Crippen molar-refractivity contribution in [2.24, 2.45) is 0 Å². The van der Waals surface area contributed by atoms with Gasteiger partial charge in [-0.1, -0.05) is 46.9 Å². The summed E-state index contributed by atoms with van der Waals surface area (Å²) < 4.78 is 1.13. The molecule has 0 rings (SSSR count). The van der Waals surface area contributed by atoms with Crippen molar-refractivity contribution in [2.45, 2.75) is 25.7 Å². The summed E-state index contributed by atoms with van der Waals surface area (Å²) in [5, 5.41) is 0. The van der Waals surface area contributed by atoms with E-state index in [1.807, 2.05) is 6.08 Å². The van der Waals surface area contributed by atoms with Crippen LogP contribution in [0.2, 0.25) is 0 Å². The highest BCUT2D eigenvalue weighted by atomic mass is 127. The fraction of sp³-hybridized carbons (Fsp3) is 0.600. The van der Waals surface area contributed by atoms with E-state index in [0.29, 0.717) is 5.88 Å². The van der Waals surface area contributed by atoms with E-state index in [1.165, 1.54) is 25.7 Å². The van der Waals surface area contributed by atoms with E-state index < -0.39 is 0 Å². The summed E-state index contributed by atoms with van der Waals surface area (Å²) in [5.41, 5.74) is 0. The Morgan fingerprint density at radius 3 is 2.00 bits per heavy atom. The predicted molar refractivity (Wildman–Crippen MR) is 66.4 cm³/mol. The SMILES string of the molecule is ClC/C=C/CCCC/C=C/CI. The number of hydrogen-bond donors (Lipinski definition) is 0. The molecule has 12 heavy (non-hydrogen) atoms. The van der Waals surface area contributed by atoms with Crippen LogP contribution >= 0.6 is 34.2 Å². The molecule has 2 heteroatoms. The van der Waals surface area contributed by atoms with Crippen molar-refractivity contribution in [3.05, 3.63) is 24.3 Å². The van der Waals surface area contributed by atoms with Crippen LogP contribution in [0.5, 0.6) is 0 Å². The van der Waals surface area contributed by atoms with Crippen molar-refractivity contribution < 1.29 is 0 Å². The molecule has 0 aromatic carbocycles. The molecule has 0 aromatic rings. The van der Waals surface area contributed by atoms with Crippen molar-refractivity contribution in [1.29, 1.82) is 0 Å². The first-order chi connectivity index (χ1) is 5.91. The quantitative estimate of drug-likeness (QED) is 0.284. The molecule has 0 fully saturated rings. The highest BCUT2D eigenvalue weighted by Gasteiger charge is 1.82. The number of halogens is 2. The molecule has 0 saturated carbocycles. The van der Waals surface area contributed by atoms with E-state index >= 15 is 0 Å². The first-order valence-corrected chi connectivity index (χ1v) is 6.39. The van der Waals surface area contributed by atoms with Gasteiger partial charge in [-0.15, -0.1) is 11.6 Å². The number of unbranched alkanes of at least 4 members (excludes halogenated alkanes) is 3. The van der Waals surface area contributed by atoms with E-state index in [2.05, 4.69) is 40.8 Å². The number of hydrogen-bond acceptors (Lipinski definition) is 0. The van der Waals surface area contributed by atoms with E-state index in [4.69, 9.17) is 11.6 Å². The van der Waals surface area contributed by atoms with Crippen LogP contribution in [0.15, 0.2) is 24.3 Å². The summed E-state index contributed by atoms with van der Waals surface area (Å²) in [6.07, 6.45) is 13.6. The average Bonchev–Trinajstić information content (AvgIpc) is 2.10. The third kappa shape index (κ3) is 10.5. The lowest BCUT2D eigenvalue weighted by Crippen LogP contribution is -1.73. The summed E-state index contributed by atoms with van der Waals surface area (Å²) in [6.45, 7) is 0. The Bertz CT molecular complexity index is 114. The van der Waals surface area contributed by atoms with E-state index in [1.54, 1.807) is 0 Å². The maximum absolute atomic E-state index is 5.48. The van der Waals surface area contributed by atoms with Gasteiger partial charge in [0.05, 0.1) is 0 Å². The molecule has 0 nitrogen and oxygen atoms in total. The van der Waals surface area contributed by atoms with Crippen LogP contribution in [-0.4, -0.2) is 10.3 Å². The Labute approximate surface area is 94.2 Å². The number of allylic oxidation sites excluding steroid dienone is 4. The third-order valence-corrected chi connectivity index (χ3v) is 2.19. The van der Waals surface area contributed by atoms with E-state index in [9.17, 15) is 0 Å². The summed E-state index contributed by atoms with van der Waals surface area (Å²) in [4.78, 5) is 0. The molecule has 0 unspecified atom stereocenters. The molecule has 0 aliphatic heterocycles. The first kappa shape index (κ1) is 12.5. The molecule has 0 heterocycles. The zero-order chi connectivity index (χ0) is 9.07. The second kappa shape index (κ2) is 11.5. The zero-order valence-corrected chi connectivity index (χ0v) is 10.2. The van der Waals surface area contributed by atoms with Gasteiger partial charge in [0.1, 0.15) is 0 Å². The largest absolute Gasteiger partial charge is 0.122 e. The van der Waals surface area contributed by atoms with Gasteiger partial charge < -0.3 is 0 Å². The Morgan fingerprint density at radius 1 is 0.917 bits per heavy atom. The van der Waals surface area contributed by atoms with Gasteiger partial charge in [0.2, 0.25) is 0 Å². The first-order valence-electron chi connectivity index (χ1n) is 4.33. The van der Waals surface area contributed by atoms with Crippen molar-refractivity contribution in [2.75, 3.05) is 10.3 Å². The van der Waals surface area contributed by atoms with Gasteiger partial charge in [-0.25, -0.2) is 0 Å². The molecular formula is C10H16ClI. The Kier molecular flexibility index (Phi) is 12.0.